The molecule has 1 aliphatic heterocycles. The van der Waals surface area contributed by atoms with Gasteiger partial charge in [-0.05, 0) is 51.3 Å². The maximum Gasteiger partial charge on any atom is 0.217 e. The lowest BCUT2D eigenvalue weighted by Crippen LogP contribution is -2.19. The van der Waals surface area contributed by atoms with E-state index in [1.54, 1.807) is 24.7 Å². The van der Waals surface area contributed by atoms with Gasteiger partial charge in [0.2, 0.25) is 5.88 Å². The first kappa shape index (κ1) is 23.3. The van der Waals surface area contributed by atoms with Gasteiger partial charge in [0.1, 0.15) is 22.5 Å². The molecular formula is C24H22Cl3N5O2. The molecule has 7 nitrogen and oxygen atoms in total. The number of nitrogens with zero attached hydrogens (tertiary/aromatic N) is 5. The standard InChI is InChI=1S/C24H22Cl3N5O2/c1-13-9-18-23(30-24(13)34-14(2)21-16(25)11-28-12-17(21)26)22(15-6-7-19(27)29-10-15)31-32(18)20-5-3-4-8-33-20/h6-7,9-12,14,20H,3-5,8H2,1-2H3/t14-,20?/m1/s1. The van der Waals surface area contributed by atoms with Crippen molar-refractivity contribution in [3.8, 4) is 17.1 Å². The van der Waals surface area contributed by atoms with Gasteiger partial charge in [-0.3, -0.25) is 4.98 Å². The molecule has 0 aromatic carbocycles. The Bertz CT molecular complexity index is 1320. The topological polar surface area (TPSA) is 75.0 Å². The number of rotatable bonds is 5. The van der Waals surface area contributed by atoms with Crippen molar-refractivity contribution in [2.75, 3.05) is 6.61 Å². The minimum Gasteiger partial charge on any atom is -0.469 e. The van der Waals surface area contributed by atoms with Crippen molar-refractivity contribution in [2.24, 2.45) is 0 Å². The molecule has 4 aromatic rings. The zero-order chi connectivity index (χ0) is 23.8. The Kier molecular flexibility index (Phi) is 6.62. The van der Waals surface area contributed by atoms with Gasteiger partial charge in [-0.15, -0.1) is 0 Å². The fourth-order valence-corrected chi connectivity index (χ4v) is 4.93. The van der Waals surface area contributed by atoms with E-state index in [1.165, 1.54) is 0 Å². The number of halogens is 3. The lowest BCUT2D eigenvalue weighted by Gasteiger charge is -2.23. The third-order valence-corrected chi connectivity index (χ3v) is 6.67. The fraction of sp³-hybridized carbons (Fsp3) is 0.333. The highest BCUT2D eigenvalue weighted by atomic mass is 35.5. The Labute approximate surface area is 212 Å². The van der Waals surface area contributed by atoms with Crippen LogP contribution in [0.15, 0.2) is 36.8 Å². The van der Waals surface area contributed by atoms with Gasteiger partial charge in [-0.1, -0.05) is 34.8 Å². The van der Waals surface area contributed by atoms with Gasteiger partial charge in [0.15, 0.2) is 6.23 Å². The van der Waals surface area contributed by atoms with Crippen molar-refractivity contribution in [3.05, 3.63) is 63.1 Å². The summed E-state index contributed by atoms with van der Waals surface area (Å²) >= 11 is 18.7. The van der Waals surface area contributed by atoms with Gasteiger partial charge in [-0.25, -0.2) is 14.6 Å². The van der Waals surface area contributed by atoms with Crippen LogP contribution < -0.4 is 4.74 Å². The van der Waals surface area contributed by atoms with E-state index in [1.807, 2.05) is 30.7 Å². The molecule has 34 heavy (non-hydrogen) atoms. The number of aromatic nitrogens is 5. The van der Waals surface area contributed by atoms with Crippen LogP contribution in [-0.4, -0.2) is 31.3 Å². The molecule has 5 rings (SSSR count). The summed E-state index contributed by atoms with van der Waals surface area (Å²) < 4.78 is 14.2. The number of hydrogen-bond acceptors (Lipinski definition) is 6. The van der Waals surface area contributed by atoms with Crippen LogP contribution in [0.5, 0.6) is 5.88 Å². The molecule has 1 unspecified atom stereocenters. The van der Waals surface area contributed by atoms with Crippen LogP contribution >= 0.6 is 34.8 Å². The quantitative estimate of drug-likeness (QED) is 0.265. The maximum atomic E-state index is 6.34. The Balaban J connectivity index is 1.61. The van der Waals surface area contributed by atoms with Gasteiger partial charge in [0.05, 0.1) is 15.6 Å². The molecule has 0 N–H and O–H groups in total. The smallest absolute Gasteiger partial charge is 0.217 e. The molecule has 2 atom stereocenters. The maximum absolute atomic E-state index is 6.34. The van der Waals surface area contributed by atoms with Crippen LogP contribution in [0.3, 0.4) is 0 Å². The lowest BCUT2D eigenvalue weighted by atomic mass is 10.1. The number of aryl methyl sites for hydroxylation is 1. The molecule has 0 bridgehead atoms. The largest absolute Gasteiger partial charge is 0.469 e. The molecule has 176 valence electrons. The van der Waals surface area contributed by atoms with Gasteiger partial charge in [-0.2, -0.15) is 5.10 Å². The Morgan fingerprint density at radius 1 is 1.12 bits per heavy atom. The van der Waals surface area contributed by atoms with E-state index in [4.69, 9.17) is 54.4 Å². The van der Waals surface area contributed by atoms with Crippen molar-refractivity contribution in [2.45, 2.75) is 45.4 Å². The molecule has 4 aromatic heterocycles. The van der Waals surface area contributed by atoms with Gasteiger partial charge < -0.3 is 9.47 Å². The molecule has 0 radical (unpaired) electrons. The number of fused-ring (bicyclic) bond motifs is 1. The number of hydrogen-bond donors (Lipinski definition) is 0. The molecule has 5 heterocycles. The van der Waals surface area contributed by atoms with Crippen LogP contribution in [0.2, 0.25) is 15.2 Å². The van der Waals surface area contributed by atoms with E-state index in [0.717, 1.165) is 35.9 Å². The zero-order valence-electron chi connectivity index (χ0n) is 18.6. The summed E-state index contributed by atoms with van der Waals surface area (Å²) in [5.74, 6) is 0.469. The highest BCUT2D eigenvalue weighted by Crippen LogP contribution is 2.37. The molecule has 0 spiro atoms. The predicted molar refractivity (Wildman–Crippen MR) is 133 cm³/mol. The van der Waals surface area contributed by atoms with E-state index < -0.39 is 6.10 Å². The van der Waals surface area contributed by atoms with Crippen LogP contribution in [0, 0.1) is 6.92 Å². The Morgan fingerprint density at radius 3 is 2.59 bits per heavy atom. The first-order chi connectivity index (χ1) is 16.4. The van der Waals surface area contributed by atoms with Gasteiger partial charge in [0.25, 0.3) is 0 Å². The van der Waals surface area contributed by atoms with Gasteiger partial charge in [0, 0.05) is 41.9 Å². The monoisotopic (exact) mass is 517 g/mol. The predicted octanol–water partition coefficient (Wildman–Crippen LogP) is 7.00. The molecule has 1 saturated heterocycles. The highest BCUT2D eigenvalue weighted by Gasteiger charge is 2.25. The number of ether oxygens (including phenoxy) is 2. The van der Waals surface area contributed by atoms with Crippen LogP contribution in [-0.2, 0) is 4.74 Å². The van der Waals surface area contributed by atoms with Crippen molar-refractivity contribution >= 4 is 45.8 Å². The normalized spacial score (nSPS) is 17.1. The summed E-state index contributed by atoms with van der Waals surface area (Å²) in [7, 11) is 0. The minimum absolute atomic E-state index is 0.147. The summed E-state index contributed by atoms with van der Waals surface area (Å²) in [5.41, 5.74) is 4.57. The van der Waals surface area contributed by atoms with Crippen LogP contribution in [0.4, 0.5) is 0 Å². The van der Waals surface area contributed by atoms with Crippen molar-refractivity contribution < 1.29 is 9.47 Å². The first-order valence-corrected chi connectivity index (χ1v) is 12.1. The molecule has 0 saturated carbocycles. The summed E-state index contributed by atoms with van der Waals surface area (Å²) in [6, 6.07) is 5.64. The first-order valence-electron chi connectivity index (χ1n) is 11.0. The summed E-state index contributed by atoms with van der Waals surface area (Å²) in [6.07, 6.45) is 7.23. The number of pyridine rings is 3. The van der Waals surface area contributed by atoms with E-state index in [2.05, 4.69) is 9.97 Å². The van der Waals surface area contributed by atoms with E-state index >= 15 is 0 Å². The molecule has 1 fully saturated rings. The van der Waals surface area contributed by atoms with E-state index in [9.17, 15) is 0 Å². The second kappa shape index (κ2) is 9.66. The SMILES string of the molecule is Cc1cc2c(nc1O[C@H](C)c1c(Cl)cncc1Cl)c(-c1ccc(Cl)nc1)nn2C1CCCCO1. The summed E-state index contributed by atoms with van der Waals surface area (Å²) in [5, 5.41) is 6.19. The van der Waals surface area contributed by atoms with Crippen LogP contribution in [0.25, 0.3) is 22.3 Å². The highest BCUT2D eigenvalue weighted by molar-refractivity contribution is 6.35. The van der Waals surface area contributed by atoms with Crippen LogP contribution in [0.1, 0.15) is 49.6 Å². The van der Waals surface area contributed by atoms with E-state index in [0.29, 0.717) is 44.5 Å². The molecule has 10 heteroatoms. The summed E-state index contributed by atoms with van der Waals surface area (Å²) in [4.78, 5) is 13.1. The average Bonchev–Trinajstić information content (AvgIpc) is 3.18. The Morgan fingerprint density at radius 2 is 1.91 bits per heavy atom. The fourth-order valence-electron chi connectivity index (χ4n) is 4.14. The average molecular weight is 519 g/mol. The molecule has 0 amide bonds. The lowest BCUT2D eigenvalue weighted by molar-refractivity contribution is -0.0365. The Hall–Kier alpha value is -2.45. The van der Waals surface area contributed by atoms with Gasteiger partial charge >= 0.3 is 0 Å². The van der Waals surface area contributed by atoms with Crippen molar-refractivity contribution in [1.82, 2.24) is 24.7 Å². The van der Waals surface area contributed by atoms with E-state index in [-0.39, 0.29) is 6.23 Å². The minimum atomic E-state index is -0.441. The van der Waals surface area contributed by atoms with Crippen molar-refractivity contribution in [1.29, 1.82) is 0 Å². The third kappa shape index (κ3) is 4.45. The molecule has 0 aliphatic carbocycles. The third-order valence-electron chi connectivity index (χ3n) is 5.84. The van der Waals surface area contributed by atoms with Crippen molar-refractivity contribution in [3.63, 3.8) is 0 Å². The molecular weight excluding hydrogens is 497 g/mol. The second-order valence-electron chi connectivity index (χ2n) is 8.24. The zero-order valence-corrected chi connectivity index (χ0v) is 20.9. The molecule has 1 aliphatic rings. The second-order valence-corrected chi connectivity index (χ2v) is 9.44. The summed E-state index contributed by atoms with van der Waals surface area (Å²) in [6.45, 7) is 4.54.